The van der Waals surface area contributed by atoms with Crippen LogP contribution in [0.25, 0.3) is 0 Å². The highest BCUT2D eigenvalue weighted by atomic mass is 19.1. The summed E-state index contributed by atoms with van der Waals surface area (Å²) in [6.45, 7) is 14.0. The van der Waals surface area contributed by atoms with Crippen LogP contribution in [0.4, 0.5) is 10.1 Å². The molecule has 1 aromatic rings. The van der Waals surface area contributed by atoms with Gasteiger partial charge >= 0.3 is 0 Å². The van der Waals surface area contributed by atoms with Crippen molar-refractivity contribution >= 4 is 5.69 Å². The van der Waals surface area contributed by atoms with Gasteiger partial charge < -0.3 is 10.2 Å². The topological polar surface area (TPSA) is 15.3 Å². The maximum absolute atomic E-state index is 13.1. The molecule has 3 heteroatoms. The van der Waals surface area contributed by atoms with Crippen molar-refractivity contribution in [3.05, 3.63) is 30.1 Å². The van der Waals surface area contributed by atoms with Crippen molar-refractivity contribution in [1.29, 1.82) is 0 Å². The SMILES string of the molecule is CCN(CC(CC)(CC)CNC(C)C)c1ccc(F)cc1. The number of anilines is 1. The minimum atomic E-state index is -0.173. The molecule has 1 rings (SSSR count). The zero-order valence-corrected chi connectivity index (χ0v) is 14.2. The Morgan fingerprint density at radius 3 is 2.10 bits per heavy atom. The molecule has 0 aliphatic rings. The van der Waals surface area contributed by atoms with Gasteiger partial charge in [-0.2, -0.15) is 0 Å². The number of hydrogen-bond donors (Lipinski definition) is 1. The van der Waals surface area contributed by atoms with Crippen LogP contribution >= 0.6 is 0 Å². The van der Waals surface area contributed by atoms with Gasteiger partial charge in [0.05, 0.1) is 0 Å². The molecule has 0 heterocycles. The number of benzene rings is 1. The van der Waals surface area contributed by atoms with E-state index < -0.39 is 0 Å². The maximum Gasteiger partial charge on any atom is 0.123 e. The lowest BCUT2D eigenvalue weighted by Gasteiger charge is -2.39. The van der Waals surface area contributed by atoms with Crippen molar-refractivity contribution in [3.8, 4) is 0 Å². The molecular weight excluding hydrogens is 263 g/mol. The molecule has 0 unspecified atom stereocenters. The van der Waals surface area contributed by atoms with Crippen LogP contribution in [0.2, 0.25) is 0 Å². The van der Waals surface area contributed by atoms with E-state index in [0.29, 0.717) is 6.04 Å². The molecule has 0 aliphatic heterocycles. The van der Waals surface area contributed by atoms with E-state index in [1.807, 2.05) is 12.1 Å². The van der Waals surface area contributed by atoms with E-state index in [0.717, 1.165) is 38.2 Å². The van der Waals surface area contributed by atoms with E-state index in [9.17, 15) is 4.39 Å². The molecular formula is C18H31FN2. The lowest BCUT2D eigenvalue weighted by atomic mass is 9.81. The molecule has 0 amide bonds. The van der Waals surface area contributed by atoms with E-state index in [4.69, 9.17) is 0 Å². The normalized spacial score (nSPS) is 12.0. The van der Waals surface area contributed by atoms with Crippen LogP contribution in [0.15, 0.2) is 24.3 Å². The predicted molar refractivity (Wildman–Crippen MR) is 90.4 cm³/mol. The van der Waals surface area contributed by atoms with Crippen LogP contribution < -0.4 is 10.2 Å². The molecule has 0 atom stereocenters. The summed E-state index contributed by atoms with van der Waals surface area (Å²) in [4.78, 5) is 2.36. The number of rotatable bonds is 9. The first kappa shape index (κ1) is 18.0. The summed E-state index contributed by atoms with van der Waals surface area (Å²) in [5.41, 5.74) is 1.36. The Kier molecular flexibility index (Phi) is 7.16. The first-order chi connectivity index (χ1) is 9.96. The third-order valence-corrected chi connectivity index (χ3v) is 4.49. The summed E-state index contributed by atoms with van der Waals surface area (Å²) in [5.74, 6) is -0.173. The Morgan fingerprint density at radius 2 is 1.67 bits per heavy atom. The van der Waals surface area contributed by atoms with Gasteiger partial charge in [-0.25, -0.2) is 4.39 Å². The molecule has 120 valence electrons. The predicted octanol–water partition coefficient (Wildman–Crippen LogP) is 4.46. The van der Waals surface area contributed by atoms with Gasteiger partial charge in [-0.1, -0.05) is 27.7 Å². The average Bonchev–Trinajstić information content (AvgIpc) is 2.49. The van der Waals surface area contributed by atoms with Gasteiger partial charge in [0.1, 0.15) is 5.82 Å². The number of nitrogens with zero attached hydrogens (tertiary/aromatic N) is 1. The first-order valence-corrected chi connectivity index (χ1v) is 8.20. The van der Waals surface area contributed by atoms with Gasteiger partial charge in [0.15, 0.2) is 0 Å². The fourth-order valence-electron chi connectivity index (χ4n) is 2.64. The van der Waals surface area contributed by atoms with Crippen LogP contribution in [0.1, 0.15) is 47.5 Å². The fraction of sp³-hybridized carbons (Fsp3) is 0.667. The summed E-state index contributed by atoms with van der Waals surface area (Å²) < 4.78 is 13.1. The van der Waals surface area contributed by atoms with Crippen LogP contribution in [-0.4, -0.2) is 25.7 Å². The van der Waals surface area contributed by atoms with Crippen molar-refractivity contribution < 1.29 is 4.39 Å². The molecule has 2 nitrogen and oxygen atoms in total. The second-order valence-electron chi connectivity index (χ2n) is 6.23. The molecule has 0 aromatic heterocycles. The largest absolute Gasteiger partial charge is 0.371 e. The van der Waals surface area contributed by atoms with Gasteiger partial charge in [-0.3, -0.25) is 0 Å². The van der Waals surface area contributed by atoms with Crippen LogP contribution in [0, 0.1) is 11.2 Å². The minimum Gasteiger partial charge on any atom is -0.371 e. The lowest BCUT2D eigenvalue weighted by molar-refractivity contribution is 0.246. The van der Waals surface area contributed by atoms with E-state index in [2.05, 4.69) is 44.8 Å². The fourth-order valence-corrected chi connectivity index (χ4v) is 2.64. The molecule has 0 saturated carbocycles. The molecule has 0 bridgehead atoms. The van der Waals surface area contributed by atoms with Crippen molar-refractivity contribution in [2.45, 2.75) is 53.5 Å². The van der Waals surface area contributed by atoms with Crippen LogP contribution in [0.5, 0.6) is 0 Å². The van der Waals surface area contributed by atoms with Crippen LogP contribution in [0.3, 0.4) is 0 Å². The molecule has 0 radical (unpaired) electrons. The summed E-state index contributed by atoms with van der Waals surface area (Å²) in [7, 11) is 0. The monoisotopic (exact) mass is 294 g/mol. The number of halogens is 1. The smallest absolute Gasteiger partial charge is 0.123 e. The van der Waals surface area contributed by atoms with Gasteiger partial charge in [-0.15, -0.1) is 0 Å². The van der Waals surface area contributed by atoms with Gasteiger partial charge in [0.2, 0.25) is 0 Å². The summed E-state index contributed by atoms with van der Waals surface area (Å²) >= 11 is 0. The number of nitrogens with one attached hydrogen (secondary N) is 1. The molecule has 1 aromatic carbocycles. The maximum atomic E-state index is 13.1. The van der Waals surface area contributed by atoms with Crippen LogP contribution in [-0.2, 0) is 0 Å². The Hall–Kier alpha value is -1.09. The third-order valence-electron chi connectivity index (χ3n) is 4.49. The quantitative estimate of drug-likeness (QED) is 0.723. The zero-order valence-electron chi connectivity index (χ0n) is 14.2. The van der Waals surface area contributed by atoms with Gasteiger partial charge in [-0.05, 0) is 49.4 Å². The Balaban J connectivity index is 2.85. The molecule has 21 heavy (non-hydrogen) atoms. The van der Waals surface area contributed by atoms with E-state index in [1.165, 1.54) is 0 Å². The molecule has 0 saturated heterocycles. The highest BCUT2D eigenvalue weighted by Crippen LogP contribution is 2.29. The second-order valence-corrected chi connectivity index (χ2v) is 6.23. The first-order valence-electron chi connectivity index (χ1n) is 8.20. The van der Waals surface area contributed by atoms with E-state index in [1.54, 1.807) is 12.1 Å². The third kappa shape index (κ3) is 5.31. The average molecular weight is 294 g/mol. The van der Waals surface area contributed by atoms with Gasteiger partial charge in [0.25, 0.3) is 0 Å². The Morgan fingerprint density at radius 1 is 1.10 bits per heavy atom. The lowest BCUT2D eigenvalue weighted by Crippen LogP contribution is -2.45. The Bertz CT molecular complexity index is 396. The standard InChI is InChI=1S/C18H31FN2/c1-6-18(7-2,13-20-15(4)5)14-21(8-3)17-11-9-16(19)10-12-17/h9-12,15,20H,6-8,13-14H2,1-5H3. The highest BCUT2D eigenvalue weighted by Gasteiger charge is 2.28. The van der Waals surface area contributed by atoms with E-state index in [-0.39, 0.29) is 11.2 Å². The Labute approximate surface area is 129 Å². The molecule has 0 aliphatic carbocycles. The zero-order chi connectivity index (χ0) is 15.9. The number of hydrogen-bond acceptors (Lipinski definition) is 2. The van der Waals surface area contributed by atoms with Gasteiger partial charge in [0, 0.05) is 31.4 Å². The summed E-state index contributed by atoms with van der Waals surface area (Å²) in [6.07, 6.45) is 2.28. The van der Waals surface area contributed by atoms with E-state index >= 15 is 0 Å². The van der Waals surface area contributed by atoms with Crippen molar-refractivity contribution in [2.24, 2.45) is 5.41 Å². The van der Waals surface area contributed by atoms with Crippen molar-refractivity contribution in [3.63, 3.8) is 0 Å². The molecule has 0 spiro atoms. The highest BCUT2D eigenvalue weighted by molar-refractivity contribution is 5.46. The summed E-state index contributed by atoms with van der Waals surface area (Å²) in [6, 6.07) is 7.35. The minimum absolute atomic E-state index is 0.173. The summed E-state index contributed by atoms with van der Waals surface area (Å²) in [5, 5.41) is 3.59. The molecule has 1 N–H and O–H groups in total. The van der Waals surface area contributed by atoms with Crippen molar-refractivity contribution in [2.75, 3.05) is 24.5 Å². The van der Waals surface area contributed by atoms with Crippen molar-refractivity contribution in [1.82, 2.24) is 5.32 Å². The second kappa shape index (κ2) is 8.38. The molecule has 0 fully saturated rings.